The maximum Gasteiger partial charge on any atom is 0.306 e. The van der Waals surface area contributed by atoms with Crippen LogP contribution in [0.2, 0.25) is 0 Å². The van der Waals surface area contributed by atoms with Crippen molar-refractivity contribution in [2.24, 2.45) is 0 Å². The maximum absolute atomic E-state index is 14.1. The first kappa shape index (κ1) is 21.0. The second kappa shape index (κ2) is 8.24. The molecular formula is C24H14F2N4O4. The van der Waals surface area contributed by atoms with Crippen LogP contribution in [-0.2, 0) is 0 Å². The van der Waals surface area contributed by atoms with E-state index >= 15 is 0 Å². The van der Waals surface area contributed by atoms with Crippen LogP contribution in [0.5, 0.6) is 0 Å². The molecule has 10 heteroatoms. The van der Waals surface area contributed by atoms with Gasteiger partial charge in [-0.2, -0.15) is 9.49 Å². The number of nitrogens with one attached hydrogen (secondary N) is 1. The average molecular weight is 460 g/mol. The number of aromatic nitrogens is 2. The van der Waals surface area contributed by atoms with Gasteiger partial charge in [0.2, 0.25) is 11.6 Å². The molecule has 2 heterocycles. The van der Waals surface area contributed by atoms with Gasteiger partial charge < -0.3 is 9.73 Å². The van der Waals surface area contributed by atoms with Gasteiger partial charge in [-0.1, -0.05) is 18.2 Å². The van der Waals surface area contributed by atoms with Crippen LogP contribution in [-0.4, -0.2) is 20.6 Å². The zero-order valence-electron chi connectivity index (χ0n) is 17.2. The molecular weight excluding hydrogens is 446 g/mol. The Morgan fingerprint density at radius 3 is 2.62 bits per heavy atom. The summed E-state index contributed by atoms with van der Waals surface area (Å²) in [5, 5.41) is 18.2. The number of furan rings is 1. The molecule has 0 radical (unpaired) electrons. The number of carbonyl (C=O) groups is 1. The summed E-state index contributed by atoms with van der Waals surface area (Å²) in [7, 11) is 0. The molecule has 1 amide bonds. The van der Waals surface area contributed by atoms with Crippen LogP contribution in [0.15, 0.2) is 83.5 Å². The van der Waals surface area contributed by atoms with Crippen molar-refractivity contribution in [3.8, 4) is 16.8 Å². The van der Waals surface area contributed by atoms with Gasteiger partial charge in [0.05, 0.1) is 16.8 Å². The minimum absolute atomic E-state index is 0.00401. The van der Waals surface area contributed by atoms with E-state index in [9.17, 15) is 23.7 Å². The van der Waals surface area contributed by atoms with Crippen LogP contribution >= 0.6 is 0 Å². The predicted octanol–water partition coefficient (Wildman–Crippen LogP) is 5.72. The van der Waals surface area contributed by atoms with Crippen molar-refractivity contribution in [3.05, 3.63) is 107 Å². The smallest absolute Gasteiger partial charge is 0.306 e. The highest BCUT2D eigenvalue weighted by atomic mass is 19.1. The Balaban J connectivity index is 1.59. The van der Waals surface area contributed by atoms with Gasteiger partial charge in [-0.15, -0.1) is 0 Å². The first-order valence-electron chi connectivity index (χ1n) is 9.98. The minimum atomic E-state index is -1.03. The van der Waals surface area contributed by atoms with E-state index in [0.29, 0.717) is 16.5 Å². The third-order valence-electron chi connectivity index (χ3n) is 5.15. The van der Waals surface area contributed by atoms with E-state index in [-0.39, 0.29) is 17.0 Å². The molecule has 168 valence electrons. The fourth-order valence-electron chi connectivity index (χ4n) is 3.61. The number of nitrogens with zero attached hydrogens (tertiary/aromatic N) is 3. The molecule has 0 atom stereocenters. The summed E-state index contributed by atoms with van der Waals surface area (Å²) in [5.41, 5.74) is 1.04. The molecule has 5 aromatic rings. The molecule has 0 fully saturated rings. The van der Waals surface area contributed by atoms with Gasteiger partial charge in [-0.05, 0) is 42.5 Å². The summed E-state index contributed by atoms with van der Waals surface area (Å²) in [4.78, 5) is 23.3. The lowest BCUT2D eigenvalue weighted by Gasteiger charge is -2.05. The molecule has 5 rings (SSSR count). The van der Waals surface area contributed by atoms with E-state index in [0.717, 1.165) is 17.8 Å². The number of halogens is 2. The number of fused-ring (bicyclic) bond motifs is 1. The molecule has 8 nitrogen and oxygen atoms in total. The van der Waals surface area contributed by atoms with Crippen molar-refractivity contribution >= 4 is 28.3 Å². The Morgan fingerprint density at radius 1 is 1.06 bits per heavy atom. The summed E-state index contributed by atoms with van der Waals surface area (Å²) in [6.07, 6.45) is 3.19. The number of nitro benzene ring substituents is 1. The second-order valence-electron chi connectivity index (χ2n) is 7.33. The zero-order chi connectivity index (χ0) is 23.8. The van der Waals surface area contributed by atoms with E-state index in [1.54, 1.807) is 10.9 Å². The van der Waals surface area contributed by atoms with Gasteiger partial charge in [0, 0.05) is 34.5 Å². The SMILES string of the molecule is O=C(Nc1ccc(F)c([N+](=O)[O-])c1)c1oc2ccc(F)cc2c1-c1cnn(-c2ccccc2)c1. The molecule has 3 aromatic carbocycles. The summed E-state index contributed by atoms with van der Waals surface area (Å²) in [6.45, 7) is 0. The number of para-hydroxylation sites is 1. The summed E-state index contributed by atoms with van der Waals surface area (Å²) in [5.74, 6) is -2.46. The fourth-order valence-corrected chi connectivity index (χ4v) is 3.61. The Morgan fingerprint density at radius 2 is 1.85 bits per heavy atom. The van der Waals surface area contributed by atoms with E-state index in [1.807, 2.05) is 30.3 Å². The number of rotatable bonds is 5. The quantitative estimate of drug-likeness (QED) is 0.267. The van der Waals surface area contributed by atoms with Crippen molar-refractivity contribution in [3.63, 3.8) is 0 Å². The second-order valence-corrected chi connectivity index (χ2v) is 7.33. The Hall–Kier alpha value is -4.86. The molecule has 0 saturated heterocycles. The Kier molecular flexibility index (Phi) is 5.09. The van der Waals surface area contributed by atoms with Crippen molar-refractivity contribution in [2.75, 3.05) is 5.32 Å². The molecule has 2 aromatic heterocycles. The molecule has 0 spiro atoms. The van der Waals surface area contributed by atoms with Crippen molar-refractivity contribution in [2.45, 2.75) is 0 Å². The van der Waals surface area contributed by atoms with E-state index < -0.39 is 28.2 Å². The number of nitro groups is 1. The average Bonchev–Trinajstić information content (AvgIpc) is 3.45. The number of hydrogen-bond acceptors (Lipinski definition) is 5. The lowest BCUT2D eigenvalue weighted by Crippen LogP contribution is -2.12. The largest absolute Gasteiger partial charge is 0.450 e. The molecule has 0 aliphatic rings. The number of benzene rings is 3. The molecule has 0 aliphatic carbocycles. The number of carbonyl (C=O) groups excluding carboxylic acids is 1. The number of hydrogen-bond donors (Lipinski definition) is 1. The van der Waals surface area contributed by atoms with Gasteiger partial charge in [-0.3, -0.25) is 14.9 Å². The lowest BCUT2D eigenvalue weighted by atomic mass is 10.0. The Bertz CT molecular complexity index is 1560. The monoisotopic (exact) mass is 460 g/mol. The van der Waals surface area contributed by atoms with E-state index in [1.165, 1.54) is 30.5 Å². The van der Waals surface area contributed by atoms with Gasteiger partial charge in [0.25, 0.3) is 5.91 Å². The molecule has 0 aliphatic heterocycles. The maximum atomic E-state index is 14.1. The standard InChI is InChI=1S/C24H14F2N4O4/c25-15-6-9-21-18(10-15)22(14-12-27-29(13-14)17-4-2-1-3-5-17)23(34-21)24(31)28-16-7-8-19(26)20(11-16)30(32)33/h1-13H,(H,28,31). The summed E-state index contributed by atoms with van der Waals surface area (Å²) < 4.78 is 35.1. The summed E-state index contributed by atoms with van der Waals surface area (Å²) >= 11 is 0. The first-order valence-corrected chi connectivity index (χ1v) is 9.98. The topological polar surface area (TPSA) is 103 Å². The fraction of sp³-hybridized carbons (Fsp3) is 0. The molecule has 34 heavy (non-hydrogen) atoms. The molecule has 0 unspecified atom stereocenters. The van der Waals surface area contributed by atoms with Crippen LogP contribution in [0.4, 0.5) is 20.2 Å². The normalized spacial score (nSPS) is 11.0. The van der Waals surface area contributed by atoms with Crippen molar-refractivity contribution < 1.29 is 22.9 Å². The van der Waals surface area contributed by atoms with Crippen molar-refractivity contribution in [1.29, 1.82) is 0 Å². The highest BCUT2D eigenvalue weighted by molar-refractivity contribution is 6.12. The molecule has 1 N–H and O–H groups in total. The zero-order valence-corrected chi connectivity index (χ0v) is 17.2. The third-order valence-corrected chi connectivity index (χ3v) is 5.15. The van der Waals surface area contributed by atoms with Crippen LogP contribution < -0.4 is 5.32 Å². The van der Waals surface area contributed by atoms with Crippen LogP contribution in [0.3, 0.4) is 0 Å². The van der Waals surface area contributed by atoms with Gasteiger partial charge in [-0.25, -0.2) is 9.07 Å². The molecule has 0 saturated carbocycles. The first-order chi connectivity index (χ1) is 16.4. The van der Waals surface area contributed by atoms with Crippen molar-refractivity contribution in [1.82, 2.24) is 9.78 Å². The van der Waals surface area contributed by atoms with Crippen LogP contribution in [0.25, 0.3) is 27.8 Å². The lowest BCUT2D eigenvalue weighted by molar-refractivity contribution is -0.387. The van der Waals surface area contributed by atoms with Gasteiger partial charge >= 0.3 is 5.69 Å². The molecule has 0 bridgehead atoms. The highest BCUT2D eigenvalue weighted by Crippen LogP contribution is 2.36. The van der Waals surface area contributed by atoms with Gasteiger partial charge in [0.15, 0.2) is 0 Å². The number of anilines is 1. The third kappa shape index (κ3) is 3.77. The minimum Gasteiger partial charge on any atom is -0.450 e. The van der Waals surface area contributed by atoms with Crippen LogP contribution in [0, 0.1) is 21.7 Å². The predicted molar refractivity (Wildman–Crippen MR) is 120 cm³/mol. The van der Waals surface area contributed by atoms with Gasteiger partial charge in [0.1, 0.15) is 11.4 Å². The van der Waals surface area contributed by atoms with E-state index in [2.05, 4.69) is 10.4 Å². The number of amides is 1. The Labute approximate surface area is 190 Å². The highest BCUT2D eigenvalue weighted by Gasteiger charge is 2.25. The van der Waals surface area contributed by atoms with Crippen LogP contribution in [0.1, 0.15) is 10.6 Å². The summed E-state index contributed by atoms with van der Waals surface area (Å²) in [6, 6.07) is 16.1. The van der Waals surface area contributed by atoms with E-state index in [4.69, 9.17) is 4.42 Å².